The molecule has 0 bridgehead atoms. The molecule has 2 aromatic carbocycles. The number of aromatic nitrogens is 1. The second kappa shape index (κ2) is 6.08. The van der Waals surface area contributed by atoms with Gasteiger partial charge in [0.25, 0.3) is 5.91 Å². The highest BCUT2D eigenvalue weighted by atomic mass is 16.1. The largest absolute Gasteiger partial charge is 0.348 e. The molecule has 0 aliphatic heterocycles. The van der Waals surface area contributed by atoms with Crippen LogP contribution >= 0.6 is 0 Å². The summed E-state index contributed by atoms with van der Waals surface area (Å²) in [6.45, 7) is 2.62. The molecule has 24 heavy (non-hydrogen) atoms. The van der Waals surface area contributed by atoms with Crippen molar-refractivity contribution in [2.75, 3.05) is 0 Å². The number of amides is 1. The van der Waals surface area contributed by atoms with E-state index in [0.717, 1.165) is 52.5 Å². The Labute approximate surface area is 141 Å². The molecule has 1 N–H and O–H groups in total. The minimum atomic E-state index is 0.00926. The van der Waals surface area contributed by atoms with Gasteiger partial charge in [-0.3, -0.25) is 9.78 Å². The van der Waals surface area contributed by atoms with E-state index in [1.807, 2.05) is 36.4 Å². The Morgan fingerprint density at radius 2 is 1.88 bits per heavy atom. The molecule has 0 saturated carbocycles. The summed E-state index contributed by atoms with van der Waals surface area (Å²) in [4.78, 5) is 17.7. The lowest BCUT2D eigenvalue weighted by molar-refractivity contribution is 0.0951. The molecular weight excluding hydrogens is 296 g/mol. The molecule has 1 heterocycles. The van der Waals surface area contributed by atoms with Crippen molar-refractivity contribution in [3.8, 4) is 0 Å². The van der Waals surface area contributed by atoms with E-state index in [1.54, 1.807) is 0 Å². The van der Waals surface area contributed by atoms with Crippen LogP contribution in [0.2, 0.25) is 0 Å². The van der Waals surface area contributed by atoms with Crippen LogP contribution in [-0.4, -0.2) is 10.9 Å². The fourth-order valence-corrected chi connectivity index (χ4v) is 3.54. The standard InChI is InChI=1S/C21H20N2O/c1-14-7-2-3-8-15(14)13-22-21(24)20-16-9-4-5-11-18(16)23-19-12-6-10-17(19)20/h2-5,7-9,11H,6,10,12-13H2,1H3,(H,22,24). The maximum absolute atomic E-state index is 13.0. The van der Waals surface area contributed by atoms with Crippen molar-refractivity contribution in [3.05, 3.63) is 76.5 Å². The number of pyridine rings is 1. The predicted molar refractivity (Wildman–Crippen MR) is 96.1 cm³/mol. The highest BCUT2D eigenvalue weighted by Crippen LogP contribution is 2.29. The van der Waals surface area contributed by atoms with Crippen LogP contribution in [-0.2, 0) is 19.4 Å². The quantitative estimate of drug-likeness (QED) is 0.794. The van der Waals surface area contributed by atoms with Gasteiger partial charge in [-0.1, -0.05) is 42.5 Å². The Balaban J connectivity index is 1.71. The molecule has 0 radical (unpaired) electrons. The first kappa shape index (κ1) is 14.9. The van der Waals surface area contributed by atoms with Crippen LogP contribution in [0.4, 0.5) is 0 Å². The Bertz CT molecular complexity index is 930. The van der Waals surface area contributed by atoms with Gasteiger partial charge < -0.3 is 5.32 Å². The lowest BCUT2D eigenvalue weighted by Gasteiger charge is -2.13. The first-order chi connectivity index (χ1) is 11.7. The van der Waals surface area contributed by atoms with Crippen LogP contribution in [0.15, 0.2) is 48.5 Å². The number of nitrogens with zero attached hydrogens (tertiary/aromatic N) is 1. The van der Waals surface area contributed by atoms with E-state index < -0.39 is 0 Å². The number of carbonyl (C=O) groups excluding carboxylic acids is 1. The lowest BCUT2D eigenvalue weighted by Crippen LogP contribution is -2.25. The van der Waals surface area contributed by atoms with Crippen molar-refractivity contribution in [1.82, 2.24) is 10.3 Å². The molecular formula is C21H20N2O. The van der Waals surface area contributed by atoms with Crippen LogP contribution in [0.5, 0.6) is 0 Å². The summed E-state index contributed by atoms with van der Waals surface area (Å²) in [7, 11) is 0. The molecule has 0 atom stereocenters. The zero-order valence-electron chi connectivity index (χ0n) is 13.8. The summed E-state index contributed by atoms with van der Waals surface area (Å²) >= 11 is 0. The fraction of sp³-hybridized carbons (Fsp3) is 0.238. The van der Waals surface area contributed by atoms with E-state index >= 15 is 0 Å². The molecule has 0 saturated heterocycles. The van der Waals surface area contributed by atoms with E-state index in [9.17, 15) is 4.79 Å². The summed E-state index contributed by atoms with van der Waals surface area (Å²) in [5, 5.41) is 4.07. The van der Waals surface area contributed by atoms with Gasteiger partial charge in [-0.15, -0.1) is 0 Å². The smallest absolute Gasteiger partial charge is 0.252 e. The topological polar surface area (TPSA) is 42.0 Å². The van der Waals surface area contributed by atoms with E-state index in [0.29, 0.717) is 6.54 Å². The van der Waals surface area contributed by atoms with Crippen molar-refractivity contribution in [2.24, 2.45) is 0 Å². The molecule has 1 aliphatic carbocycles. The molecule has 3 aromatic rings. The summed E-state index contributed by atoms with van der Waals surface area (Å²) in [5.41, 5.74) is 6.31. The summed E-state index contributed by atoms with van der Waals surface area (Å²) < 4.78 is 0. The molecule has 0 spiro atoms. The number of nitrogens with one attached hydrogen (secondary N) is 1. The number of aryl methyl sites for hydroxylation is 2. The van der Waals surface area contributed by atoms with Crippen LogP contribution in [0.25, 0.3) is 10.9 Å². The summed E-state index contributed by atoms with van der Waals surface area (Å²) in [5.74, 6) is 0.00926. The highest BCUT2D eigenvalue weighted by Gasteiger charge is 2.23. The summed E-state index contributed by atoms with van der Waals surface area (Å²) in [6.07, 6.45) is 3.00. The van der Waals surface area contributed by atoms with Crippen molar-refractivity contribution in [2.45, 2.75) is 32.7 Å². The average Bonchev–Trinajstić information content (AvgIpc) is 3.06. The van der Waals surface area contributed by atoms with Crippen LogP contribution < -0.4 is 5.32 Å². The first-order valence-corrected chi connectivity index (χ1v) is 8.47. The zero-order valence-corrected chi connectivity index (χ0v) is 13.8. The third-order valence-corrected chi connectivity index (χ3v) is 4.85. The normalized spacial score (nSPS) is 13.0. The molecule has 120 valence electrons. The molecule has 3 nitrogen and oxygen atoms in total. The van der Waals surface area contributed by atoms with Gasteiger partial charge in [0.1, 0.15) is 0 Å². The second-order valence-corrected chi connectivity index (χ2v) is 6.39. The van der Waals surface area contributed by atoms with Gasteiger partial charge in [-0.2, -0.15) is 0 Å². The number of benzene rings is 2. The number of hydrogen-bond donors (Lipinski definition) is 1. The van der Waals surface area contributed by atoms with Gasteiger partial charge in [-0.05, 0) is 48.9 Å². The summed E-state index contributed by atoms with van der Waals surface area (Å²) in [6, 6.07) is 16.1. The number of carbonyl (C=O) groups is 1. The highest BCUT2D eigenvalue weighted by molar-refractivity contribution is 6.07. The second-order valence-electron chi connectivity index (χ2n) is 6.39. The van der Waals surface area contributed by atoms with Gasteiger partial charge in [0, 0.05) is 17.6 Å². The van der Waals surface area contributed by atoms with Crippen LogP contribution in [0, 0.1) is 6.92 Å². The third kappa shape index (κ3) is 2.56. The van der Waals surface area contributed by atoms with E-state index in [1.165, 1.54) is 5.56 Å². The van der Waals surface area contributed by atoms with E-state index in [-0.39, 0.29) is 5.91 Å². The Morgan fingerprint density at radius 3 is 2.75 bits per heavy atom. The van der Waals surface area contributed by atoms with Crippen molar-refractivity contribution >= 4 is 16.8 Å². The Hall–Kier alpha value is -2.68. The Morgan fingerprint density at radius 1 is 1.08 bits per heavy atom. The van der Waals surface area contributed by atoms with Gasteiger partial charge in [-0.25, -0.2) is 0 Å². The molecule has 1 aliphatic rings. The maximum Gasteiger partial charge on any atom is 0.252 e. The third-order valence-electron chi connectivity index (χ3n) is 4.85. The minimum Gasteiger partial charge on any atom is -0.348 e. The molecule has 0 fully saturated rings. The SMILES string of the molecule is Cc1ccccc1CNC(=O)c1c2c(nc3ccccc13)CCC2. The van der Waals surface area contributed by atoms with Gasteiger partial charge in [0.05, 0.1) is 11.1 Å². The van der Waals surface area contributed by atoms with Crippen LogP contribution in [0.3, 0.4) is 0 Å². The number of para-hydroxylation sites is 1. The average molecular weight is 316 g/mol. The molecule has 0 unspecified atom stereocenters. The van der Waals surface area contributed by atoms with Gasteiger partial charge in [0.2, 0.25) is 0 Å². The maximum atomic E-state index is 13.0. The van der Waals surface area contributed by atoms with Gasteiger partial charge in [0.15, 0.2) is 0 Å². The van der Waals surface area contributed by atoms with E-state index in [2.05, 4.69) is 24.4 Å². The molecule has 4 rings (SSSR count). The van der Waals surface area contributed by atoms with E-state index in [4.69, 9.17) is 4.98 Å². The van der Waals surface area contributed by atoms with Crippen molar-refractivity contribution < 1.29 is 4.79 Å². The van der Waals surface area contributed by atoms with Crippen molar-refractivity contribution in [1.29, 1.82) is 0 Å². The zero-order chi connectivity index (χ0) is 16.5. The number of rotatable bonds is 3. The van der Waals surface area contributed by atoms with Crippen LogP contribution in [0.1, 0.15) is 39.2 Å². The van der Waals surface area contributed by atoms with Crippen molar-refractivity contribution in [3.63, 3.8) is 0 Å². The first-order valence-electron chi connectivity index (χ1n) is 8.47. The lowest BCUT2D eigenvalue weighted by atomic mass is 10.0. The fourth-order valence-electron chi connectivity index (χ4n) is 3.54. The Kier molecular flexibility index (Phi) is 3.77. The number of fused-ring (bicyclic) bond motifs is 2. The number of hydrogen-bond acceptors (Lipinski definition) is 2. The van der Waals surface area contributed by atoms with Gasteiger partial charge >= 0.3 is 0 Å². The molecule has 1 amide bonds. The molecule has 1 aromatic heterocycles. The predicted octanol–water partition coefficient (Wildman–Crippen LogP) is 3.96. The minimum absolute atomic E-state index is 0.00926. The molecule has 3 heteroatoms. The monoisotopic (exact) mass is 316 g/mol.